The molecule has 1 aliphatic rings. The molecular weight excluding hydrogens is 431 g/mol. The molecule has 1 aromatic carbocycles. The number of halogens is 3. The molecule has 2 heterocycles. The van der Waals surface area contributed by atoms with Gasteiger partial charge < -0.3 is 19.8 Å². The summed E-state index contributed by atoms with van der Waals surface area (Å²) >= 11 is 0. The van der Waals surface area contributed by atoms with Crippen molar-refractivity contribution in [3.8, 4) is 0 Å². The van der Waals surface area contributed by atoms with E-state index in [2.05, 4.69) is 10.3 Å². The molecule has 1 aliphatic heterocycles. The number of carbonyl (C=O) groups excluding carboxylic acids is 1. The second kappa shape index (κ2) is 8.61. The van der Waals surface area contributed by atoms with Crippen LogP contribution in [0.1, 0.15) is 36.2 Å². The summed E-state index contributed by atoms with van der Waals surface area (Å²) in [5.74, 6) is 0.0512. The van der Waals surface area contributed by atoms with Crippen molar-refractivity contribution in [2.24, 2.45) is 5.73 Å². The standard InChI is InChI=1S/C20H23F3N5O4/c1-19(2,24)32-18(30)27-9-8-15-14(11-27)16(29)28(31-3)17(26-15)25-10-12-4-6-13(7-5-12)20(21,22)23/h4-7,10H,8-9,11,24H2,1-3H3,(H,25,26)/q-1. The summed E-state index contributed by atoms with van der Waals surface area (Å²) < 4.78 is 44.2. The predicted molar refractivity (Wildman–Crippen MR) is 108 cm³/mol. The zero-order chi connectivity index (χ0) is 23.7. The number of anilines is 1. The van der Waals surface area contributed by atoms with Gasteiger partial charge in [-0.2, -0.15) is 30.9 Å². The first-order valence-corrected chi connectivity index (χ1v) is 9.62. The summed E-state index contributed by atoms with van der Waals surface area (Å²) in [7, 11) is 1.27. The van der Waals surface area contributed by atoms with Gasteiger partial charge in [0.25, 0.3) is 5.56 Å². The van der Waals surface area contributed by atoms with Crippen LogP contribution in [0.3, 0.4) is 0 Å². The minimum Gasteiger partial charge on any atom is -0.428 e. The number of hydrogen-bond acceptors (Lipinski definition) is 7. The average molecular weight is 454 g/mol. The largest absolute Gasteiger partial charge is 0.428 e. The summed E-state index contributed by atoms with van der Waals surface area (Å²) in [6.07, 6.45) is -4.78. The van der Waals surface area contributed by atoms with Crippen molar-refractivity contribution in [2.45, 2.75) is 38.7 Å². The van der Waals surface area contributed by atoms with Gasteiger partial charge in [-0.15, -0.1) is 16.9 Å². The van der Waals surface area contributed by atoms with Crippen LogP contribution in [-0.4, -0.2) is 40.1 Å². The lowest BCUT2D eigenvalue weighted by atomic mass is 10.1. The van der Waals surface area contributed by atoms with Gasteiger partial charge in [0.1, 0.15) is 7.11 Å². The number of ether oxygens (including phenoxy) is 1. The summed E-state index contributed by atoms with van der Waals surface area (Å²) in [5, 5.41) is 2.79. The quantitative estimate of drug-likeness (QED) is 0.526. The third kappa shape index (κ3) is 5.25. The Bertz CT molecular complexity index is 1050. The van der Waals surface area contributed by atoms with Crippen molar-refractivity contribution in [2.75, 3.05) is 19.0 Å². The molecule has 0 atom stereocenters. The Hall–Kier alpha value is -3.41. The van der Waals surface area contributed by atoms with Gasteiger partial charge >= 0.3 is 12.3 Å². The maximum Gasteiger partial charge on any atom is 0.414 e. The molecule has 3 rings (SSSR count). The number of hydrogen-bond donors (Lipinski definition) is 2. The van der Waals surface area contributed by atoms with Crippen LogP contribution >= 0.6 is 0 Å². The van der Waals surface area contributed by atoms with Gasteiger partial charge in [0.2, 0.25) is 5.95 Å². The highest BCUT2D eigenvalue weighted by molar-refractivity contribution is 5.68. The van der Waals surface area contributed by atoms with E-state index >= 15 is 0 Å². The third-order valence-electron chi connectivity index (χ3n) is 4.59. The Kier molecular flexibility index (Phi) is 6.26. The van der Waals surface area contributed by atoms with Gasteiger partial charge in [-0.25, -0.2) is 9.78 Å². The average Bonchev–Trinajstić information content (AvgIpc) is 2.70. The molecule has 2 aromatic rings. The van der Waals surface area contributed by atoms with Crippen LogP contribution in [0, 0.1) is 6.54 Å². The lowest BCUT2D eigenvalue weighted by Gasteiger charge is -2.30. The fourth-order valence-electron chi connectivity index (χ4n) is 3.08. The topological polar surface area (TPSA) is 112 Å². The molecule has 1 aromatic heterocycles. The molecule has 0 aliphatic carbocycles. The van der Waals surface area contributed by atoms with Gasteiger partial charge in [-0.3, -0.25) is 10.5 Å². The van der Waals surface area contributed by atoms with Crippen molar-refractivity contribution in [3.63, 3.8) is 0 Å². The fourth-order valence-corrected chi connectivity index (χ4v) is 3.08. The van der Waals surface area contributed by atoms with Crippen molar-refractivity contribution in [1.82, 2.24) is 14.6 Å². The molecule has 0 spiro atoms. The van der Waals surface area contributed by atoms with Crippen molar-refractivity contribution < 1.29 is 27.5 Å². The van der Waals surface area contributed by atoms with Gasteiger partial charge in [-0.1, -0.05) is 6.54 Å². The number of benzene rings is 1. The molecule has 3 N–H and O–H groups in total. The van der Waals surface area contributed by atoms with E-state index in [-0.39, 0.29) is 24.6 Å². The highest BCUT2D eigenvalue weighted by atomic mass is 19.4. The number of fused-ring (bicyclic) bond motifs is 1. The van der Waals surface area contributed by atoms with E-state index in [0.29, 0.717) is 17.7 Å². The van der Waals surface area contributed by atoms with Gasteiger partial charge in [0, 0.05) is 18.5 Å². The fraction of sp³-hybridized carbons (Fsp3) is 0.400. The first-order chi connectivity index (χ1) is 14.9. The molecule has 0 unspecified atom stereocenters. The van der Waals surface area contributed by atoms with E-state index in [1.807, 2.05) is 0 Å². The molecule has 12 heteroatoms. The van der Waals surface area contributed by atoms with Crippen molar-refractivity contribution in [1.29, 1.82) is 0 Å². The van der Waals surface area contributed by atoms with Crippen LogP contribution in [0.5, 0.6) is 0 Å². The molecule has 1 amide bonds. The summed E-state index contributed by atoms with van der Waals surface area (Å²) in [5.41, 5.74) is 4.44. The SMILES string of the molecule is COn1c(N[CH-]c2ccc(C(F)(F)F)cc2)nc2c(c1=O)CN(C(=O)OC(C)(C)N)CC2. The monoisotopic (exact) mass is 454 g/mol. The van der Waals surface area contributed by atoms with Gasteiger partial charge in [0.05, 0.1) is 17.8 Å². The number of nitrogens with two attached hydrogens (primary N) is 1. The summed E-state index contributed by atoms with van der Waals surface area (Å²) in [6, 6.07) is 4.47. The van der Waals surface area contributed by atoms with E-state index in [1.54, 1.807) is 0 Å². The molecule has 9 nitrogen and oxygen atoms in total. The first-order valence-electron chi connectivity index (χ1n) is 9.62. The number of nitrogens with zero attached hydrogens (tertiary/aromatic N) is 3. The summed E-state index contributed by atoms with van der Waals surface area (Å²) in [6.45, 7) is 4.72. The first kappa shape index (κ1) is 23.3. The summed E-state index contributed by atoms with van der Waals surface area (Å²) in [4.78, 5) is 36.1. The van der Waals surface area contributed by atoms with E-state index < -0.39 is 29.1 Å². The number of nitrogens with one attached hydrogen (secondary N) is 1. The van der Waals surface area contributed by atoms with Crippen LogP contribution < -0.4 is 21.4 Å². The zero-order valence-corrected chi connectivity index (χ0v) is 17.7. The molecular formula is C20H23F3N5O4-. The number of alkyl halides is 3. The second-order valence-corrected chi connectivity index (χ2v) is 7.69. The Balaban J connectivity index is 1.78. The Morgan fingerprint density at radius 2 is 1.91 bits per heavy atom. The normalized spacial score (nSPS) is 13.9. The Labute approximate surface area is 181 Å². The van der Waals surface area contributed by atoms with Gasteiger partial charge in [0.15, 0.2) is 5.72 Å². The maximum atomic E-state index is 12.9. The van der Waals surface area contributed by atoms with E-state index in [1.165, 1.54) is 44.5 Å². The highest BCUT2D eigenvalue weighted by Gasteiger charge is 2.30. The van der Waals surface area contributed by atoms with Crippen LogP contribution in [0.15, 0.2) is 29.1 Å². The molecule has 0 saturated heterocycles. The number of rotatable bonds is 5. The second-order valence-electron chi connectivity index (χ2n) is 7.69. The lowest BCUT2D eigenvalue weighted by Crippen LogP contribution is -2.46. The highest BCUT2D eigenvalue weighted by Crippen LogP contribution is 2.29. The molecule has 32 heavy (non-hydrogen) atoms. The Morgan fingerprint density at radius 3 is 2.47 bits per heavy atom. The van der Waals surface area contributed by atoms with E-state index in [9.17, 15) is 22.8 Å². The minimum atomic E-state index is -4.43. The Morgan fingerprint density at radius 1 is 1.25 bits per heavy atom. The number of aromatic nitrogens is 2. The van der Waals surface area contributed by atoms with Crippen molar-refractivity contribution in [3.05, 3.63) is 63.5 Å². The maximum absolute atomic E-state index is 12.9. The minimum absolute atomic E-state index is 0.0255. The van der Waals surface area contributed by atoms with Crippen LogP contribution in [0.4, 0.5) is 23.9 Å². The van der Waals surface area contributed by atoms with E-state index in [4.69, 9.17) is 15.3 Å². The zero-order valence-electron chi connectivity index (χ0n) is 17.7. The van der Waals surface area contributed by atoms with Crippen LogP contribution in [0.2, 0.25) is 0 Å². The lowest BCUT2D eigenvalue weighted by molar-refractivity contribution is -0.137. The predicted octanol–water partition coefficient (Wildman–Crippen LogP) is 2.13. The van der Waals surface area contributed by atoms with Crippen molar-refractivity contribution >= 4 is 12.0 Å². The van der Waals surface area contributed by atoms with Crippen LogP contribution in [-0.2, 0) is 23.9 Å². The molecule has 174 valence electrons. The molecule has 0 saturated carbocycles. The molecule has 0 fully saturated rings. The van der Waals surface area contributed by atoms with Gasteiger partial charge in [-0.05, 0) is 13.8 Å². The molecule has 0 bridgehead atoms. The number of carbonyl (C=O) groups is 1. The number of amides is 1. The van der Waals surface area contributed by atoms with Crippen LogP contribution in [0.25, 0.3) is 0 Å². The molecule has 0 radical (unpaired) electrons. The smallest absolute Gasteiger partial charge is 0.414 e. The van der Waals surface area contributed by atoms with E-state index in [0.717, 1.165) is 16.9 Å². The third-order valence-corrected chi connectivity index (χ3v) is 4.59.